The number of hydrogen-bond acceptors (Lipinski definition) is 6. The normalized spacial score (nSPS) is 14.1. The minimum atomic E-state index is -5.35. The summed E-state index contributed by atoms with van der Waals surface area (Å²) in [7, 11) is 0. The second kappa shape index (κ2) is 10.1. The highest BCUT2D eigenvalue weighted by Crippen LogP contribution is 2.27. The minimum Gasteiger partial charge on any atom is -0.414 e. The van der Waals surface area contributed by atoms with Crippen LogP contribution in [0, 0.1) is 0 Å². The predicted octanol–water partition coefficient (Wildman–Crippen LogP) is 3.03. The summed E-state index contributed by atoms with van der Waals surface area (Å²) in [6, 6.07) is 11.9. The number of esters is 1. The number of ether oxygens (including phenoxy) is 1. The summed E-state index contributed by atoms with van der Waals surface area (Å²) < 4.78 is 41.4. The van der Waals surface area contributed by atoms with Crippen LogP contribution in [-0.4, -0.2) is 40.7 Å². The van der Waals surface area contributed by atoms with Gasteiger partial charge >= 0.3 is 18.1 Å². The maximum Gasteiger partial charge on any atom is 0.491 e. The molecule has 1 aliphatic heterocycles. The molecule has 0 spiro atoms. The van der Waals surface area contributed by atoms with E-state index in [0.29, 0.717) is 6.54 Å². The molecule has 1 aliphatic rings. The summed E-state index contributed by atoms with van der Waals surface area (Å²) in [4.78, 5) is 41.1. The zero-order valence-electron chi connectivity index (χ0n) is 17.0. The fraction of sp³-hybridized carbons (Fsp3) is 0.182. The number of carbonyl (C=O) groups excluding carboxylic acids is 3. The Morgan fingerprint density at radius 1 is 1.09 bits per heavy atom. The smallest absolute Gasteiger partial charge is 0.414 e. The molecule has 0 radical (unpaired) electrons. The van der Waals surface area contributed by atoms with Gasteiger partial charge < -0.3 is 9.64 Å². The Morgan fingerprint density at radius 3 is 2.55 bits per heavy atom. The molecule has 172 valence electrons. The van der Waals surface area contributed by atoms with Crippen LogP contribution in [0.25, 0.3) is 12.2 Å². The van der Waals surface area contributed by atoms with E-state index in [4.69, 9.17) is 5.21 Å². The molecule has 0 aliphatic carbocycles. The molecule has 2 N–H and O–H groups in total. The second-order valence-corrected chi connectivity index (χ2v) is 6.88. The van der Waals surface area contributed by atoms with Gasteiger partial charge in [-0.1, -0.05) is 24.3 Å². The number of aromatic nitrogens is 1. The van der Waals surface area contributed by atoms with Crippen LogP contribution < -0.4 is 10.4 Å². The van der Waals surface area contributed by atoms with Crippen molar-refractivity contribution in [2.24, 2.45) is 0 Å². The van der Waals surface area contributed by atoms with Gasteiger partial charge in [-0.2, -0.15) is 13.2 Å². The number of hydrogen-bond donors (Lipinski definition) is 2. The quantitative estimate of drug-likeness (QED) is 0.233. The first-order valence-corrected chi connectivity index (χ1v) is 9.68. The summed E-state index contributed by atoms with van der Waals surface area (Å²) in [5.41, 5.74) is 3.20. The molecule has 11 heteroatoms. The van der Waals surface area contributed by atoms with E-state index in [1.807, 2.05) is 24.3 Å². The summed E-state index contributed by atoms with van der Waals surface area (Å²) in [5, 5.41) is 8.71. The van der Waals surface area contributed by atoms with Gasteiger partial charge in [0.25, 0.3) is 5.91 Å². The first-order valence-electron chi connectivity index (χ1n) is 9.68. The van der Waals surface area contributed by atoms with Crippen LogP contribution in [0.1, 0.15) is 23.4 Å². The molecular formula is C22H18F3N3O5. The van der Waals surface area contributed by atoms with E-state index in [0.717, 1.165) is 35.6 Å². The minimum absolute atomic E-state index is 0.0542. The third-order valence-corrected chi connectivity index (χ3v) is 4.60. The molecule has 0 atom stereocenters. The van der Waals surface area contributed by atoms with Gasteiger partial charge in [0.05, 0.1) is 11.4 Å². The molecule has 1 aromatic heterocycles. The molecule has 0 fully saturated rings. The monoisotopic (exact) mass is 461 g/mol. The zero-order chi connectivity index (χ0) is 24.0. The maximum atomic E-state index is 12.7. The lowest BCUT2D eigenvalue weighted by atomic mass is 10.0. The van der Waals surface area contributed by atoms with E-state index in [1.54, 1.807) is 4.90 Å². The third-order valence-electron chi connectivity index (χ3n) is 4.60. The Balaban J connectivity index is 1.80. The molecule has 33 heavy (non-hydrogen) atoms. The van der Waals surface area contributed by atoms with E-state index >= 15 is 0 Å². The lowest BCUT2D eigenvalue weighted by Crippen LogP contribution is -2.34. The van der Waals surface area contributed by atoms with Crippen LogP contribution in [0.15, 0.2) is 54.3 Å². The predicted molar refractivity (Wildman–Crippen MR) is 110 cm³/mol. The van der Waals surface area contributed by atoms with Crippen molar-refractivity contribution in [3.05, 3.63) is 71.3 Å². The lowest BCUT2D eigenvalue weighted by Gasteiger charge is -2.28. The van der Waals surface area contributed by atoms with E-state index in [1.165, 1.54) is 30.4 Å². The number of pyridine rings is 1. The Labute approximate surface area is 185 Å². The first kappa shape index (κ1) is 23.7. The average Bonchev–Trinajstić information content (AvgIpc) is 2.80. The maximum absolute atomic E-state index is 12.7. The Bertz CT molecular complexity index is 1130. The summed E-state index contributed by atoms with van der Waals surface area (Å²) in [5.74, 6) is -5.51. The summed E-state index contributed by atoms with van der Waals surface area (Å²) >= 11 is 0. The number of hydroxylamine groups is 1. The standard InChI is InChI=1S/C22H18F3N3O5/c23-22(24,25)21(31)33-18(20(30)27-32)13-16-8-3-7-15(26-16)10-11-19(29)28-12-4-6-14-5-1-2-9-17(14)28/h1-3,5,7-11,13,32H,4,6,12H2,(H,27,30)/b11-10+,18-13+. The molecule has 0 saturated heterocycles. The van der Waals surface area contributed by atoms with E-state index in [-0.39, 0.29) is 17.3 Å². The molecule has 0 unspecified atom stereocenters. The fourth-order valence-corrected chi connectivity index (χ4v) is 3.14. The average molecular weight is 461 g/mol. The molecule has 0 bridgehead atoms. The SMILES string of the molecule is O=C(NO)/C(=C\c1cccc(/C=C/C(=O)N2CCCc3ccccc32)n1)OC(=O)C(F)(F)F. The Morgan fingerprint density at radius 2 is 1.82 bits per heavy atom. The van der Waals surface area contributed by atoms with Gasteiger partial charge in [-0.3, -0.25) is 14.8 Å². The van der Waals surface area contributed by atoms with Crippen molar-refractivity contribution in [3.8, 4) is 0 Å². The van der Waals surface area contributed by atoms with Crippen LogP contribution in [0.4, 0.5) is 18.9 Å². The number of alkyl halides is 3. The van der Waals surface area contributed by atoms with E-state index < -0.39 is 23.8 Å². The number of benzene rings is 1. The van der Waals surface area contributed by atoms with Crippen molar-refractivity contribution in [1.29, 1.82) is 0 Å². The molecule has 2 amide bonds. The van der Waals surface area contributed by atoms with Crippen molar-refractivity contribution in [1.82, 2.24) is 10.5 Å². The number of amides is 2. The van der Waals surface area contributed by atoms with Crippen molar-refractivity contribution < 1.29 is 37.5 Å². The topological polar surface area (TPSA) is 109 Å². The largest absolute Gasteiger partial charge is 0.491 e. The zero-order valence-corrected chi connectivity index (χ0v) is 17.0. The number of anilines is 1. The van der Waals surface area contributed by atoms with Gasteiger partial charge in [0, 0.05) is 24.4 Å². The number of halogens is 3. The molecular weight excluding hydrogens is 443 g/mol. The van der Waals surface area contributed by atoms with Crippen LogP contribution in [0.3, 0.4) is 0 Å². The molecule has 2 aromatic rings. The molecule has 3 rings (SSSR count). The van der Waals surface area contributed by atoms with Crippen molar-refractivity contribution in [2.45, 2.75) is 19.0 Å². The summed E-state index contributed by atoms with van der Waals surface area (Å²) in [6.07, 6.45) is -0.188. The van der Waals surface area contributed by atoms with E-state index in [2.05, 4.69) is 9.72 Å². The van der Waals surface area contributed by atoms with Gasteiger partial charge in [0.1, 0.15) is 0 Å². The number of nitrogens with zero attached hydrogens (tertiary/aromatic N) is 2. The van der Waals surface area contributed by atoms with Crippen molar-refractivity contribution >= 4 is 35.6 Å². The molecule has 8 nitrogen and oxygen atoms in total. The number of fused-ring (bicyclic) bond motifs is 1. The van der Waals surface area contributed by atoms with Crippen molar-refractivity contribution in [2.75, 3.05) is 11.4 Å². The van der Waals surface area contributed by atoms with Crippen molar-refractivity contribution in [3.63, 3.8) is 0 Å². The van der Waals surface area contributed by atoms with Crippen LogP contribution in [0.2, 0.25) is 0 Å². The number of aryl methyl sites for hydroxylation is 1. The summed E-state index contributed by atoms with van der Waals surface area (Å²) in [6.45, 7) is 0.556. The highest BCUT2D eigenvalue weighted by Gasteiger charge is 2.42. The molecule has 1 aromatic carbocycles. The first-order chi connectivity index (χ1) is 15.7. The molecule has 2 heterocycles. The van der Waals surface area contributed by atoms with Gasteiger partial charge in [0.15, 0.2) is 5.76 Å². The van der Waals surface area contributed by atoms with Crippen LogP contribution in [0.5, 0.6) is 0 Å². The molecule has 0 saturated carbocycles. The third kappa shape index (κ3) is 6.04. The lowest BCUT2D eigenvalue weighted by molar-refractivity contribution is -0.195. The highest BCUT2D eigenvalue weighted by atomic mass is 19.4. The number of para-hydroxylation sites is 1. The Hall–Kier alpha value is -3.99. The van der Waals surface area contributed by atoms with E-state index in [9.17, 15) is 27.6 Å². The fourth-order valence-electron chi connectivity index (χ4n) is 3.14. The van der Waals surface area contributed by atoms with Gasteiger partial charge in [-0.25, -0.2) is 15.3 Å². The van der Waals surface area contributed by atoms with Gasteiger partial charge in [-0.15, -0.1) is 0 Å². The van der Waals surface area contributed by atoms with Gasteiger partial charge in [0.2, 0.25) is 0 Å². The highest BCUT2D eigenvalue weighted by molar-refractivity contribution is 6.04. The van der Waals surface area contributed by atoms with Gasteiger partial charge in [-0.05, 0) is 42.7 Å². The van der Waals surface area contributed by atoms with Crippen LogP contribution >= 0.6 is 0 Å². The number of carbonyl (C=O) groups is 3. The number of nitrogens with one attached hydrogen (secondary N) is 1. The number of rotatable bonds is 5. The Kier molecular flexibility index (Phi) is 7.23. The van der Waals surface area contributed by atoms with Crippen LogP contribution in [-0.2, 0) is 25.5 Å². The second-order valence-electron chi connectivity index (χ2n) is 6.88.